The van der Waals surface area contributed by atoms with Crippen molar-refractivity contribution in [2.45, 2.75) is 6.43 Å². The lowest BCUT2D eigenvalue weighted by molar-refractivity contribution is 0.0689. The van der Waals surface area contributed by atoms with Crippen LogP contribution in [0.5, 0.6) is 0 Å². The van der Waals surface area contributed by atoms with Crippen LogP contribution in [0.15, 0.2) is 10.7 Å². The second-order valence-corrected chi connectivity index (χ2v) is 3.46. The van der Waals surface area contributed by atoms with E-state index in [-0.39, 0.29) is 15.3 Å². The summed E-state index contributed by atoms with van der Waals surface area (Å²) in [5.41, 5.74) is -0.886. The van der Waals surface area contributed by atoms with Gasteiger partial charge in [0.1, 0.15) is 4.60 Å². The number of carboxylic acids is 1. The first-order chi connectivity index (χ1) is 6.43. The molecule has 0 bridgehead atoms. The van der Waals surface area contributed by atoms with Crippen LogP contribution >= 0.6 is 27.5 Å². The lowest BCUT2D eigenvalue weighted by Gasteiger charge is -2.05. The summed E-state index contributed by atoms with van der Waals surface area (Å²) in [6, 6.07) is 0.885. The van der Waals surface area contributed by atoms with Crippen molar-refractivity contribution in [2.24, 2.45) is 0 Å². The van der Waals surface area contributed by atoms with Crippen molar-refractivity contribution in [3.8, 4) is 0 Å². The number of carboxylic acid groups (broad SMARTS) is 1. The third-order valence-electron chi connectivity index (χ3n) is 1.40. The first-order valence-electron chi connectivity index (χ1n) is 3.31. The van der Waals surface area contributed by atoms with Gasteiger partial charge in [-0.2, -0.15) is 0 Å². The van der Waals surface area contributed by atoms with Crippen LogP contribution in [0.2, 0.25) is 5.02 Å². The average Bonchev–Trinajstić information content (AvgIpc) is 2.01. The Bertz CT molecular complexity index is 363. The van der Waals surface area contributed by atoms with Gasteiger partial charge in [-0.15, -0.1) is 0 Å². The van der Waals surface area contributed by atoms with E-state index in [1.807, 2.05) is 0 Å². The van der Waals surface area contributed by atoms with Gasteiger partial charge in [0.05, 0.1) is 10.6 Å². The Hall–Kier alpha value is -0.750. The summed E-state index contributed by atoms with van der Waals surface area (Å²) in [5, 5.41) is 8.21. The Morgan fingerprint density at radius 3 is 2.57 bits per heavy atom. The third-order valence-corrected chi connectivity index (χ3v) is 2.32. The summed E-state index contributed by atoms with van der Waals surface area (Å²) >= 11 is 8.19. The molecule has 0 amide bonds. The summed E-state index contributed by atoms with van der Waals surface area (Å²) in [6.45, 7) is 0. The van der Waals surface area contributed by atoms with Gasteiger partial charge in [0.15, 0.2) is 5.69 Å². The van der Waals surface area contributed by atoms with Gasteiger partial charge >= 0.3 is 5.97 Å². The number of alkyl halides is 2. The number of nitrogens with zero attached hydrogens (tertiary/aromatic N) is 1. The molecule has 0 unspecified atom stereocenters. The molecule has 0 aromatic carbocycles. The Labute approximate surface area is 90.8 Å². The van der Waals surface area contributed by atoms with Gasteiger partial charge in [0.25, 0.3) is 6.43 Å². The van der Waals surface area contributed by atoms with Gasteiger partial charge < -0.3 is 5.11 Å². The van der Waals surface area contributed by atoms with Crippen molar-refractivity contribution in [1.82, 2.24) is 4.98 Å². The normalized spacial score (nSPS) is 10.6. The second kappa shape index (κ2) is 4.18. The molecular formula is C7H3BrClF2NO2. The maximum atomic E-state index is 12.3. The number of pyridine rings is 1. The van der Waals surface area contributed by atoms with E-state index in [2.05, 4.69) is 20.9 Å². The van der Waals surface area contributed by atoms with E-state index in [9.17, 15) is 13.6 Å². The summed E-state index contributed by atoms with van der Waals surface area (Å²) in [6.07, 6.45) is -2.80. The number of hydrogen-bond acceptors (Lipinski definition) is 2. The van der Waals surface area contributed by atoms with Crippen LogP contribution in [0.1, 0.15) is 22.5 Å². The minimum absolute atomic E-state index is 0.252. The molecule has 0 aliphatic carbocycles. The average molecular weight is 286 g/mol. The Morgan fingerprint density at radius 1 is 1.64 bits per heavy atom. The van der Waals surface area contributed by atoms with Gasteiger partial charge in [-0.3, -0.25) is 0 Å². The molecule has 76 valence electrons. The van der Waals surface area contributed by atoms with Crippen molar-refractivity contribution in [1.29, 1.82) is 0 Å². The van der Waals surface area contributed by atoms with E-state index < -0.39 is 18.0 Å². The highest BCUT2D eigenvalue weighted by atomic mass is 79.9. The number of halogens is 4. The number of aromatic nitrogens is 1. The molecule has 0 aliphatic heterocycles. The van der Waals surface area contributed by atoms with Crippen molar-refractivity contribution >= 4 is 33.5 Å². The highest BCUT2D eigenvalue weighted by Crippen LogP contribution is 2.32. The molecule has 1 rings (SSSR count). The maximum Gasteiger partial charge on any atom is 0.354 e. The molecule has 0 saturated heterocycles. The van der Waals surface area contributed by atoms with Crippen molar-refractivity contribution in [3.05, 3.63) is 26.9 Å². The Morgan fingerprint density at radius 2 is 2.21 bits per heavy atom. The molecule has 1 heterocycles. The zero-order valence-electron chi connectivity index (χ0n) is 6.47. The molecule has 0 fully saturated rings. The van der Waals surface area contributed by atoms with Gasteiger partial charge in [0.2, 0.25) is 0 Å². The summed E-state index contributed by atoms with van der Waals surface area (Å²) < 4.78 is 24.4. The van der Waals surface area contributed by atoms with E-state index >= 15 is 0 Å². The molecule has 7 heteroatoms. The van der Waals surface area contributed by atoms with Crippen LogP contribution in [0, 0.1) is 0 Å². The zero-order chi connectivity index (χ0) is 10.9. The van der Waals surface area contributed by atoms with Gasteiger partial charge in [-0.25, -0.2) is 18.6 Å². The molecule has 0 saturated carbocycles. The predicted molar refractivity (Wildman–Crippen MR) is 48.9 cm³/mol. The highest BCUT2D eigenvalue weighted by Gasteiger charge is 2.20. The number of aromatic carboxylic acids is 1. The Kier molecular flexibility index (Phi) is 3.38. The molecule has 1 aromatic heterocycles. The molecule has 0 aliphatic rings. The molecule has 1 N–H and O–H groups in total. The second-order valence-electron chi connectivity index (χ2n) is 2.30. The molecule has 0 atom stereocenters. The fourth-order valence-corrected chi connectivity index (χ4v) is 1.77. The predicted octanol–water partition coefficient (Wildman–Crippen LogP) is 3.13. The van der Waals surface area contributed by atoms with Crippen LogP contribution in [0.25, 0.3) is 0 Å². The molecule has 14 heavy (non-hydrogen) atoms. The SMILES string of the molecule is O=C(O)c1cc(Cl)c(C(F)F)c(Br)n1. The minimum Gasteiger partial charge on any atom is -0.477 e. The molecule has 3 nitrogen and oxygen atoms in total. The monoisotopic (exact) mass is 285 g/mol. The van der Waals surface area contributed by atoms with Crippen LogP contribution in [-0.4, -0.2) is 16.1 Å². The smallest absolute Gasteiger partial charge is 0.354 e. The molecule has 0 spiro atoms. The topological polar surface area (TPSA) is 50.2 Å². The van der Waals surface area contributed by atoms with Crippen LogP contribution in [0.3, 0.4) is 0 Å². The zero-order valence-corrected chi connectivity index (χ0v) is 8.81. The van der Waals surface area contributed by atoms with Gasteiger partial charge in [-0.05, 0) is 22.0 Å². The Balaban J connectivity index is 3.32. The fourth-order valence-electron chi connectivity index (χ4n) is 0.798. The first kappa shape index (κ1) is 11.3. The van der Waals surface area contributed by atoms with E-state index in [0.717, 1.165) is 6.07 Å². The van der Waals surface area contributed by atoms with E-state index in [1.54, 1.807) is 0 Å². The first-order valence-corrected chi connectivity index (χ1v) is 4.48. The van der Waals surface area contributed by atoms with Gasteiger partial charge in [-0.1, -0.05) is 11.6 Å². The van der Waals surface area contributed by atoms with Crippen molar-refractivity contribution in [3.63, 3.8) is 0 Å². The van der Waals surface area contributed by atoms with Gasteiger partial charge in [0, 0.05) is 0 Å². The summed E-state index contributed by atoms with van der Waals surface area (Å²) in [4.78, 5) is 13.9. The maximum absolute atomic E-state index is 12.3. The lowest BCUT2D eigenvalue weighted by atomic mass is 10.2. The molecular weight excluding hydrogens is 283 g/mol. The van der Waals surface area contributed by atoms with E-state index in [4.69, 9.17) is 16.7 Å². The third kappa shape index (κ3) is 2.19. The summed E-state index contributed by atoms with van der Waals surface area (Å²) in [7, 11) is 0. The number of hydrogen-bond donors (Lipinski definition) is 1. The van der Waals surface area contributed by atoms with Crippen LogP contribution in [-0.2, 0) is 0 Å². The largest absolute Gasteiger partial charge is 0.477 e. The fraction of sp³-hybridized carbons (Fsp3) is 0.143. The number of carbonyl (C=O) groups is 1. The van der Waals surface area contributed by atoms with E-state index in [1.165, 1.54) is 0 Å². The van der Waals surface area contributed by atoms with Crippen LogP contribution in [0.4, 0.5) is 8.78 Å². The molecule has 1 aromatic rings. The summed E-state index contributed by atoms with van der Waals surface area (Å²) in [5.74, 6) is -1.33. The van der Waals surface area contributed by atoms with Crippen molar-refractivity contribution in [2.75, 3.05) is 0 Å². The quantitative estimate of drug-likeness (QED) is 0.850. The highest BCUT2D eigenvalue weighted by molar-refractivity contribution is 9.10. The van der Waals surface area contributed by atoms with Crippen LogP contribution < -0.4 is 0 Å². The molecule has 0 radical (unpaired) electrons. The van der Waals surface area contributed by atoms with Crippen molar-refractivity contribution < 1.29 is 18.7 Å². The number of rotatable bonds is 2. The minimum atomic E-state index is -2.80. The standard InChI is InChI=1S/C7H3BrClF2NO2/c8-5-4(6(10)11)2(9)1-3(12-5)7(13)14/h1,6H,(H,13,14). The lowest BCUT2D eigenvalue weighted by Crippen LogP contribution is -2.03. The van der Waals surface area contributed by atoms with E-state index in [0.29, 0.717) is 0 Å².